The van der Waals surface area contributed by atoms with E-state index in [1.54, 1.807) is 0 Å². The average molecular weight is 1330 g/mol. The Balaban J connectivity index is 3.28. The Kier molecular flexibility index (Phi) is 83.3. The summed E-state index contributed by atoms with van der Waals surface area (Å²) in [5.41, 5.74) is 0. The van der Waals surface area contributed by atoms with Crippen molar-refractivity contribution in [3.05, 3.63) is 0 Å². The van der Waals surface area contributed by atoms with Gasteiger partial charge >= 0.3 is 5.97 Å². The van der Waals surface area contributed by atoms with Crippen molar-refractivity contribution >= 4 is 11.9 Å². The van der Waals surface area contributed by atoms with Gasteiger partial charge in [-0.1, -0.05) is 489 Å². The number of amides is 1. The molecule has 0 heterocycles. The molecule has 0 aromatic rings. The fraction of sp³-hybridized carbons (Fsp3) is 0.977. The molecule has 0 spiro atoms. The summed E-state index contributed by atoms with van der Waals surface area (Å²) >= 11 is 0. The van der Waals surface area contributed by atoms with Crippen molar-refractivity contribution in [3.8, 4) is 0 Å². The first-order chi connectivity index (χ1) is 46.5. The highest BCUT2D eigenvalue weighted by atomic mass is 16.5. The molecule has 0 fully saturated rings. The maximum absolute atomic E-state index is 12.6. The highest BCUT2D eigenvalue weighted by Gasteiger charge is 2.20. The van der Waals surface area contributed by atoms with E-state index in [1.165, 1.54) is 456 Å². The molecule has 0 aliphatic heterocycles. The second kappa shape index (κ2) is 84.3. The number of ether oxygens (including phenoxy) is 1. The summed E-state index contributed by atoms with van der Waals surface area (Å²) in [6, 6.07) is -0.537. The number of hydrogen-bond donors (Lipinski definition) is 3. The van der Waals surface area contributed by atoms with Crippen LogP contribution in [-0.4, -0.2) is 47.4 Å². The standard InChI is InChI=1S/C88H175NO5/c1-3-5-7-9-11-13-15-17-19-21-23-41-45-48-52-56-60-64-68-72-76-80-86(91)85(84-90)89-87(92)81-77-73-69-65-61-57-53-49-46-42-39-37-35-33-31-29-27-25-24-26-28-30-32-34-36-38-40-43-47-51-55-59-63-67-71-75-79-83-94-88(93)82-78-74-70-66-62-58-54-50-44-22-20-18-16-14-12-10-8-6-4-2/h85-86,90-91H,3-84H2,1-2H3,(H,89,92). The Labute approximate surface area is 591 Å². The third-order valence-electron chi connectivity index (χ3n) is 21.4. The van der Waals surface area contributed by atoms with Crippen molar-refractivity contribution in [2.24, 2.45) is 0 Å². The molecule has 6 heteroatoms. The number of unbranched alkanes of at least 4 members (excludes halogenated alkanes) is 74. The van der Waals surface area contributed by atoms with E-state index in [4.69, 9.17) is 4.74 Å². The predicted molar refractivity (Wildman–Crippen MR) is 417 cm³/mol. The van der Waals surface area contributed by atoms with Gasteiger partial charge in [0.2, 0.25) is 5.91 Å². The highest BCUT2D eigenvalue weighted by molar-refractivity contribution is 5.76. The molecule has 562 valence electrons. The van der Waals surface area contributed by atoms with Gasteiger partial charge in [-0.05, 0) is 25.7 Å². The molecule has 2 atom stereocenters. The molecule has 3 N–H and O–H groups in total. The quantitative estimate of drug-likeness (QED) is 0.0417. The lowest BCUT2D eigenvalue weighted by atomic mass is 10.0. The van der Waals surface area contributed by atoms with Gasteiger partial charge in [0.25, 0.3) is 0 Å². The number of rotatable bonds is 85. The third-order valence-corrected chi connectivity index (χ3v) is 21.4. The van der Waals surface area contributed by atoms with Crippen LogP contribution in [0.4, 0.5) is 0 Å². The first-order valence-corrected chi connectivity index (χ1v) is 44.3. The van der Waals surface area contributed by atoms with E-state index in [2.05, 4.69) is 19.2 Å². The monoisotopic (exact) mass is 1330 g/mol. The Hall–Kier alpha value is -1.14. The van der Waals surface area contributed by atoms with Gasteiger partial charge in [0.1, 0.15) is 0 Å². The molecular formula is C88H175NO5. The van der Waals surface area contributed by atoms with Crippen molar-refractivity contribution in [2.45, 2.75) is 540 Å². The predicted octanol–water partition coefficient (Wildman–Crippen LogP) is 29.6. The topological polar surface area (TPSA) is 95.9 Å². The minimum atomic E-state index is -0.660. The van der Waals surface area contributed by atoms with Crippen LogP contribution >= 0.6 is 0 Å². The van der Waals surface area contributed by atoms with Crippen LogP contribution in [0.25, 0.3) is 0 Å². The summed E-state index contributed by atoms with van der Waals surface area (Å²) in [4.78, 5) is 24.7. The second-order valence-electron chi connectivity index (χ2n) is 30.9. The van der Waals surface area contributed by atoms with Gasteiger partial charge in [-0.15, -0.1) is 0 Å². The van der Waals surface area contributed by atoms with Crippen LogP contribution in [0, 0.1) is 0 Å². The maximum atomic E-state index is 12.6. The molecule has 0 radical (unpaired) electrons. The Bertz CT molecular complexity index is 1390. The van der Waals surface area contributed by atoms with Gasteiger partial charge in [0, 0.05) is 12.8 Å². The first-order valence-electron chi connectivity index (χ1n) is 44.3. The third kappa shape index (κ3) is 79.8. The normalized spacial score (nSPS) is 12.3. The van der Waals surface area contributed by atoms with E-state index in [9.17, 15) is 19.8 Å². The van der Waals surface area contributed by atoms with Gasteiger partial charge in [-0.2, -0.15) is 0 Å². The SMILES string of the molecule is CCCCCCCCCCCCCCCCCCCCCCCC(O)C(CO)NC(=O)CCCCCCCCCCCCCCCCCCCCCCCCCCCCCCCCCCCCCCCOC(=O)CCCCCCCCCCCCCCCCCCCCC. The van der Waals surface area contributed by atoms with Gasteiger partial charge in [-0.25, -0.2) is 0 Å². The zero-order valence-electron chi connectivity index (χ0n) is 64.8. The van der Waals surface area contributed by atoms with E-state index in [0.29, 0.717) is 25.9 Å². The van der Waals surface area contributed by atoms with Crippen molar-refractivity contribution in [2.75, 3.05) is 13.2 Å². The zero-order valence-corrected chi connectivity index (χ0v) is 64.8. The lowest BCUT2D eigenvalue weighted by Crippen LogP contribution is -2.45. The zero-order chi connectivity index (χ0) is 67.7. The Morgan fingerprint density at radius 1 is 0.255 bits per heavy atom. The molecule has 1 amide bonds. The fourth-order valence-electron chi connectivity index (χ4n) is 14.7. The van der Waals surface area contributed by atoms with E-state index in [1.807, 2.05) is 0 Å². The lowest BCUT2D eigenvalue weighted by molar-refractivity contribution is -0.143. The van der Waals surface area contributed by atoms with Crippen LogP contribution in [0.5, 0.6) is 0 Å². The molecule has 6 nitrogen and oxygen atoms in total. The summed E-state index contributed by atoms with van der Waals surface area (Å²) in [6.07, 6.45) is 107. The number of aliphatic hydroxyl groups is 2. The summed E-state index contributed by atoms with van der Waals surface area (Å²) in [5.74, 6) is 0.00730. The van der Waals surface area contributed by atoms with E-state index < -0.39 is 12.1 Å². The highest BCUT2D eigenvalue weighted by Crippen LogP contribution is 2.22. The van der Waals surface area contributed by atoms with Crippen molar-refractivity contribution < 1.29 is 24.5 Å². The van der Waals surface area contributed by atoms with Crippen LogP contribution in [-0.2, 0) is 14.3 Å². The van der Waals surface area contributed by atoms with E-state index in [0.717, 1.165) is 38.5 Å². The summed E-state index contributed by atoms with van der Waals surface area (Å²) in [6.45, 7) is 5.03. The molecule has 2 unspecified atom stereocenters. The lowest BCUT2D eigenvalue weighted by Gasteiger charge is -2.22. The number of esters is 1. The number of aliphatic hydroxyl groups excluding tert-OH is 2. The minimum absolute atomic E-state index is 0.0227. The molecule has 0 aromatic carbocycles. The number of hydrogen-bond acceptors (Lipinski definition) is 5. The molecule has 0 aromatic heterocycles. The molecule has 0 bridgehead atoms. The summed E-state index contributed by atoms with van der Waals surface area (Å²) in [7, 11) is 0. The molecule has 0 aliphatic rings. The van der Waals surface area contributed by atoms with Crippen molar-refractivity contribution in [3.63, 3.8) is 0 Å². The summed E-state index contributed by atoms with van der Waals surface area (Å²) < 4.78 is 5.53. The van der Waals surface area contributed by atoms with Gasteiger partial charge in [-0.3, -0.25) is 9.59 Å². The molecule has 0 saturated heterocycles. The smallest absolute Gasteiger partial charge is 0.305 e. The maximum Gasteiger partial charge on any atom is 0.305 e. The van der Waals surface area contributed by atoms with Crippen LogP contribution in [0.2, 0.25) is 0 Å². The van der Waals surface area contributed by atoms with Crippen LogP contribution in [0.3, 0.4) is 0 Å². The van der Waals surface area contributed by atoms with Crippen LogP contribution in [0.1, 0.15) is 528 Å². The molecule has 0 rings (SSSR count). The molecular weight excluding hydrogens is 1150 g/mol. The van der Waals surface area contributed by atoms with Crippen LogP contribution in [0.15, 0.2) is 0 Å². The molecule has 94 heavy (non-hydrogen) atoms. The average Bonchev–Trinajstić information content (AvgIpc) is 3.64. The largest absolute Gasteiger partial charge is 0.466 e. The van der Waals surface area contributed by atoms with Gasteiger partial charge in [0.15, 0.2) is 0 Å². The Morgan fingerprint density at radius 3 is 0.649 bits per heavy atom. The van der Waals surface area contributed by atoms with Gasteiger partial charge < -0.3 is 20.3 Å². The van der Waals surface area contributed by atoms with Gasteiger partial charge in [0.05, 0.1) is 25.4 Å². The van der Waals surface area contributed by atoms with Crippen LogP contribution < -0.4 is 5.32 Å². The minimum Gasteiger partial charge on any atom is -0.466 e. The Morgan fingerprint density at radius 2 is 0.436 bits per heavy atom. The van der Waals surface area contributed by atoms with E-state index in [-0.39, 0.29) is 18.5 Å². The molecule has 0 aliphatic carbocycles. The van der Waals surface area contributed by atoms with E-state index >= 15 is 0 Å². The number of carbonyl (C=O) groups is 2. The first kappa shape index (κ1) is 92.9. The van der Waals surface area contributed by atoms with Crippen molar-refractivity contribution in [1.29, 1.82) is 0 Å². The number of carbonyl (C=O) groups excluding carboxylic acids is 2. The van der Waals surface area contributed by atoms with Crippen molar-refractivity contribution in [1.82, 2.24) is 5.32 Å². The molecule has 0 saturated carbocycles. The summed E-state index contributed by atoms with van der Waals surface area (Å²) in [5, 5.41) is 23.5. The second-order valence-corrected chi connectivity index (χ2v) is 30.9. The fourth-order valence-corrected chi connectivity index (χ4v) is 14.7. The number of nitrogens with one attached hydrogen (secondary N) is 1.